The molecule has 8 nitrogen and oxygen atoms in total. The molecule has 0 aliphatic carbocycles. The van der Waals surface area contributed by atoms with Crippen LogP contribution in [0.25, 0.3) is 0 Å². The summed E-state index contributed by atoms with van der Waals surface area (Å²) in [6.45, 7) is 2.11. The third-order valence-corrected chi connectivity index (χ3v) is 8.44. The van der Waals surface area contributed by atoms with Crippen molar-refractivity contribution in [2.24, 2.45) is 4.99 Å². The minimum atomic E-state index is -5.05. The van der Waals surface area contributed by atoms with Crippen LogP contribution in [0, 0.1) is 0 Å². The number of thioether (sulfide) groups is 1. The van der Waals surface area contributed by atoms with Crippen molar-refractivity contribution >= 4 is 32.1 Å². The summed E-state index contributed by atoms with van der Waals surface area (Å²) in [5.74, 6) is 0.692. The van der Waals surface area contributed by atoms with E-state index < -0.39 is 20.2 Å². The summed E-state index contributed by atoms with van der Waals surface area (Å²) in [7, 11) is -10.1. The van der Waals surface area contributed by atoms with Gasteiger partial charge >= 0.3 is 15.2 Å². The van der Waals surface area contributed by atoms with E-state index in [1.54, 1.807) is 0 Å². The second-order valence-electron chi connectivity index (χ2n) is 4.36. The summed E-state index contributed by atoms with van der Waals surface area (Å²) in [6.07, 6.45) is -0.351. The van der Waals surface area contributed by atoms with Crippen LogP contribution in [0.4, 0.5) is 0 Å². The van der Waals surface area contributed by atoms with Crippen LogP contribution in [0.15, 0.2) is 4.99 Å². The molecule has 1 saturated heterocycles. The van der Waals surface area contributed by atoms with Gasteiger partial charge in [0, 0.05) is 24.8 Å². The lowest BCUT2D eigenvalue weighted by molar-refractivity contribution is 0.270. The molecule has 0 saturated carbocycles. The van der Waals surface area contributed by atoms with E-state index in [0.717, 1.165) is 0 Å². The Bertz CT molecular complexity index is 462. The van der Waals surface area contributed by atoms with Crippen molar-refractivity contribution in [3.8, 4) is 0 Å². The van der Waals surface area contributed by atoms with Gasteiger partial charge in [0.1, 0.15) is 0 Å². The van der Waals surface area contributed by atoms with Gasteiger partial charge < -0.3 is 24.5 Å². The first kappa shape index (κ1) is 14.5. The van der Waals surface area contributed by atoms with Gasteiger partial charge in [0.25, 0.3) is 5.02 Å². The molecule has 0 aromatic carbocycles. The van der Waals surface area contributed by atoms with Crippen molar-refractivity contribution in [3.05, 3.63) is 0 Å². The molecular weight excluding hydrogens is 302 g/mol. The zero-order chi connectivity index (χ0) is 13.8. The van der Waals surface area contributed by atoms with Crippen LogP contribution in [-0.2, 0) is 9.13 Å². The van der Waals surface area contributed by atoms with Gasteiger partial charge in [-0.05, 0) is 6.92 Å². The minimum absolute atomic E-state index is 0.153. The molecule has 2 heterocycles. The molecule has 1 fully saturated rings. The van der Waals surface area contributed by atoms with E-state index in [-0.39, 0.29) is 19.0 Å². The highest BCUT2D eigenvalue weighted by Gasteiger charge is 2.62. The van der Waals surface area contributed by atoms with Crippen LogP contribution in [0.5, 0.6) is 0 Å². The van der Waals surface area contributed by atoms with E-state index in [1.165, 1.54) is 11.8 Å². The average Bonchev–Trinajstić information content (AvgIpc) is 2.56. The molecule has 2 rings (SSSR count). The minimum Gasteiger partial charge on any atom is -0.348 e. The molecule has 0 spiro atoms. The van der Waals surface area contributed by atoms with Gasteiger partial charge in [0.2, 0.25) is 0 Å². The Kier molecular flexibility index (Phi) is 3.48. The highest BCUT2D eigenvalue weighted by atomic mass is 32.2. The maximum absolute atomic E-state index is 11.5. The summed E-state index contributed by atoms with van der Waals surface area (Å²) in [5, 5.41) is -2.30. The van der Waals surface area contributed by atoms with Crippen LogP contribution in [-0.4, -0.2) is 53.0 Å². The van der Waals surface area contributed by atoms with Crippen LogP contribution in [0.3, 0.4) is 0 Å². The Morgan fingerprint density at radius 3 is 2.39 bits per heavy atom. The predicted octanol–water partition coefficient (Wildman–Crippen LogP) is 0.193. The first-order chi connectivity index (χ1) is 8.08. The monoisotopic (exact) mass is 316 g/mol. The van der Waals surface area contributed by atoms with Crippen molar-refractivity contribution < 1.29 is 28.7 Å². The van der Waals surface area contributed by atoms with Gasteiger partial charge in [-0.3, -0.25) is 9.13 Å². The molecule has 0 bridgehead atoms. The Morgan fingerprint density at radius 2 is 1.89 bits per heavy atom. The van der Waals surface area contributed by atoms with Crippen molar-refractivity contribution in [3.63, 3.8) is 0 Å². The highest BCUT2D eigenvalue weighted by molar-refractivity contribution is 8.14. The van der Waals surface area contributed by atoms with E-state index in [1.807, 2.05) is 11.8 Å². The van der Waals surface area contributed by atoms with Gasteiger partial charge in [-0.2, -0.15) is 0 Å². The molecule has 2 aliphatic heterocycles. The SMILES string of the molecule is CC1CSC2=NC(P(=O)(O)O)(P(=O)(O)O)CCN21. The van der Waals surface area contributed by atoms with Gasteiger partial charge in [-0.25, -0.2) is 4.99 Å². The molecule has 0 aromatic rings. The zero-order valence-corrected chi connectivity index (χ0v) is 12.1. The molecule has 18 heavy (non-hydrogen) atoms. The molecule has 104 valence electrons. The smallest absolute Gasteiger partial charge is 0.348 e. The van der Waals surface area contributed by atoms with E-state index in [4.69, 9.17) is 0 Å². The standard InChI is InChI=1S/C7H14N2O6P2S/c1-5-4-18-6-8-7(16(10,11)12,17(13,14)15)2-3-9(5)6/h5H,2-4H2,1H3,(H2,10,11,12)(H2,13,14,15). The Labute approximate surface area is 108 Å². The maximum Gasteiger partial charge on any atom is 0.365 e. The lowest BCUT2D eigenvalue weighted by Crippen LogP contribution is -2.43. The van der Waals surface area contributed by atoms with E-state index in [0.29, 0.717) is 10.9 Å². The maximum atomic E-state index is 11.5. The molecule has 0 aromatic heterocycles. The predicted molar refractivity (Wildman–Crippen MR) is 67.5 cm³/mol. The van der Waals surface area contributed by atoms with Crippen LogP contribution >= 0.6 is 27.0 Å². The second-order valence-corrected chi connectivity index (χ2v) is 9.36. The molecule has 0 amide bonds. The molecule has 11 heteroatoms. The van der Waals surface area contributed by atoms with Gasteiger partial charge in [-0.1, -0.05) is 11.8 Å². The van der Waals surface area contributed by atoms with Gasteiger partial charge in [0.15, 0.2) is 5.17 Å². The van der Waals surface area contributed by atoms with Gasteiger partial charge in [0.05, 0.1) is 0 Å². The summed E-state index contributed by atoms with van der Waals surface area (Å²) in [4.78, 5) is 42.8. The Morgan fingerprint density at radius 1 is 1.33 bits per heavy atom. The van der Waals surface area contributed by atoms with Crippen molar-refractivity contribution in [1.29, 1.82) is 0 Å². The Hall–Kier alpha value is 0.120. The van der Waals surface area contributed by atoms with E-state index >= 15 is 0 Å². The first-order valence-corrected chi connectivity index (χ1v) is 9.40. The van der Waals surface area contributed by atoms with Gasteiger partial charge in [-0.15, -0.1) is 0 Å². The number of aliphatic imine (C=N–C) groups is 1. The molecule has 1 atom stereocenters. The average molecular weight is 316 g/mol. The lowest BCUT2D eigenvalue weighted by Gasteiger charge is -2.38. The number of fused-ring (bicyclic) bond motifs is 1. The quantitative estimate of drug-likeness (QED) is 0.531. The summed E-state index contributed by atoms with van der Waals surface area (Å²) < 4.78 is 23.0. The normalized spacial score (nSPS) is 27.9. The fourth-order valence-corrected chi connectivity index (χ4v) is 5.99. The van der Waals surface area contributed by atoms with Crippen molar-refractivity contribution in [1.82, 2.24) is 4.90 Å². The molecule has 2 aliphatic rings. The number of rotatable bonds is 2. The number of nitrogens with zero attached hydrogens (tertiary/aromatic N) is 2. The third-order valence-electron chi connectivity index (χ3n) is 3.13. The Balaban J connectivity index is 2.54. The molecule has 4 N–H and O–H groups in total. The van der Waals surface area contributed by atoms with E-state index in [9.17, 15) is 28.7 Å². The van der Waals surface area contributed by atoms with Crippen LogP contribution in [0.1, 0.15) is 13.3 Å². The largest absolute Gasteiger partial charge is 0.365 e. The number of hydrogen-bond acceptors (Lipinski definition) is 5. The molecular formula is C7H14N2O6P2S. The lowest BCUT2D eigenvalue weighted by atomic mass is 10.3. The zero-order valence-electron chi connectivity index (χ0n) is 9.50. The van der Waals surface area contributed by atoms with E-state index in [2.05, 4.69) is 4.99 Å². The number of hydrogen-bond donors (Lipinski definition) is 4. The summed E-state index contributed by atoms with van der Waals surface area (Å²) in [6, 6.07) is 0.153. The van der Waals surface area contributed by atoms with Crippen LogP contribution < -0.4 is 0 Å². The molecule has 1 unspecified atom stereocenters. The summed E-state index contributed by atoms with van der Waals surface area (Å²) in [5.41, 5.74) is 0. The van der Waals surface area contributed by atoms with Crippen molar-refractivity contribution in [2.75, 3.05) is 12.3 Å². The second kappa shape index (κ2) is 4.31. The fraction of sp³-hybridized carbons (Fsp3) is 0.857. The third kappa shape index (κ3) is 2.08. The molecule has 0 radical (unpaired) electrons. The van der Waals surface area contributed by atoms with Crippen molar-refractivity contribution in [2.45, 2.75) is 24.4 Å². The summed E-state index contributed by atoms with van der Waals surface area (Å²) >= 11 is 1.26. The number of amidine groups is 1. The topological polar surface area (TPSA) is 131 Å². The fourth-order valence-electron chi connectivity index (χ4n) is 2.04. The first-order valence-electron chi connectivity index (χ1n) is 5.19. The highest BCUT2D eigenvalue weighted by Crippen LogP contribution is 2.72. The van der Waals surface area contributed by atoms with Crippen LogP contribution in [0.2, 0.25) is 0 Å².